The number of likely N-dealkylation sites (tertiary alicyclic amines) is 1. The van der Waals surface area contributed by atoms with Crippen molar-refractivity contribution in [1.82, 2.24) is 9.88 Å². The Labute approximate surface area is 211 Å². The first-order chi connectivity index (χ1) is 16.9. The van der Waals surface area contributed by atoms with E-state index in [0.29, 0.717) is 59.6 Å². The van der Waals surface area contributed by atoms with Gasteiger partial charge < -0.3 is 26.1 Å². The minimum absolute atomic E-state index is 0.229. The van der Waals surface area contributed by atoms with Gasteiger partial charge in [-0.3, -0.25) is 4.79 Å². The smallest absolute Gasteiger partial charge is 0.410 e. The maximum atomic E-state index is 12.8. The molecular weight excluding hydrogens is 456 g/mol. The first-order valence-corrected chi connectivity index (χ1v) is 11.7. The van der Waals surface area contributed by atoms with E-state index in [2.05, 4.69) is 16.4 Å². The van der Waals surface area contributed by atoms with Crippen LogP contribution in [-0.2, 0) is 4.74 Å². The number of nitrogens with one attached hydrogen (secondary N) is 2. The number of hydrogen-bond acceptors (Lipinski definition) is 7. The summed E-state index contributed by atoms with van der Waals surface area (Å²) in [5.74, 6) is -0.407. The number of nitrogens with zero attached hydrogens (tertiary/aromatic N) is 3. The highest BCUT2D eigenvalue weighted by molar-refractivity contribution is 6.12. The molecule has 188 valence electrons. The summed E-state index contributed by atoms with van der Waals surface area (Å²) < 4.78 is 5.44. The third-order valence-electron chi connectivity index (χ3n) is 5.99. The molecule has 0 bridgehead atoms. The second-order valence-corrected chi connectivity index (χ2v) is 9.82. The fraction of sp³-hybridized carbons (Fsp3) is 0.370. The van der Waals surface area contributed by atoms with Crippen molar-refractivity contribution in [3.63, 3.8) is 0 Å². The third-order valence-corrected chi connectivity index (χ3v) is 5.99. The second-order valence-electron chi connectivity index (χ2n) is 9.82. The molecule has 9 nitrogen and oxygen atoms in total. The van der Waals surface area contributed by atoms with Crippen LogP contribution in [0.3, 0.4) is 0 Å². The summed E-state index contributed by atoms with van der Waals surface area (Å²) in [5, 5.41) is 20.6. The van der Waals surface area contributed by atoms with E-state index >= 15 is 0 Å². The van der Waals surface area contributed by atoms with E-state index in [-0.39, 0.29) is 17.5 Å². The Hall–Kier alpha value is -4.19. The lowest BCUT2D eigenvalue weighted by Crippen LogP contribution is -2.40. The van der Waals surface area contributed by atoms with Gasteiger partial charge in [0.05, 0.1) is 11.3 Å². The van der Waals surface area contributed by atoms with Gasteiger partial charge in [0.15, 0.2) is 0 Å². The van der Waals surface area contributed by atoms with E-state index < -0.39 is 11.5 Å². The highest BCUT2D eigenvalue weighted by atomic mass is 16.6. The number of benzene rings is 1. The van der Waals surface area contributed by atoms with Crippen molar-refractivity contribution >= 4 is 29.1 Å². The number of aromatic nitrogens is 1. The van der Waals surface area contributed by atoms with E-state index in [9.17, 15) is 9.59 Å². The van der Waals surface area contributed by atoms with Crippen LogP contribution >= 0.6 is 0 Å². The zero-order chi connectivity index (χ0) is 26.6. The summed E-state index contributed by atoms with van der Waals surface area (Å²) in [6.45, 7) is 10.1. The Bertz CT molecular complexity index is 1270. The Morgan fingerprint density at radius 2 is 1.89 bits per heavy atom. The molecule has 0 spiro atoms. The van der Waals surface area contributed by atoms with Crippen LogP contribution < -0.4 is 11.1 Å². The van der Waals surface area contributed by atoms with E-state index in [1.165, 1.54) is 6.20 Å². The molecule has 2 amide bonds. The number of pyridine rings is 1. The Kier molecular flexibility index (Phi) is 7.78. The second kappa shape index (κ2) is 10.6. The number of amides is 2. The van der Waals surface area contributed by atoms with Gasteiger partial charge in [-0.15, -0.1) is 0 Å². The lowest BCUT2D eigenvalue weighted by molar-refractivity contribution is 0.0236. The van der Waals surface area contributed by atoms with Gasteiger partial charge in [-0.1, -0.05) is 5.57 Å². The molecule has 1 aliphatic rings. The monoisotopic (exact) mass is 488 g/mol. The van der Waals surface area contributed by atoms with Crippen molar-refractivity contribution in [3.8, 4) is 6.07 Å². The summed E-state index contributed by atoms with van der Waals surface area (Å²) in [4.78, 5) is 31.0. The standard InChI is InChI=1S/C27H32N6O3/c1-16-17(2)24(31-15-19(16)14-28)25(34)32-20-6-7-22(29)21(13-20)23(30)12-18-8-10-33(11-9-18)26(35)36-27(3,4)5/h6-7,12-13,15,30H,8-11,29H2,1-5H3,(H,32,34). The number of carbonyl (C=O) groups excluding carboxylic acids is 2. The number of allylic oxidation sites excluding steroid dienone is 1. The van der Waals surface area contributed by atoms with Crippen LogP contribution in [0.5, 0.6) is 0 Å². The van der Waals surface area contributed by atoms with E-state index in [1.807, 2.05) is 20.8 Å². The van der Waals surface area contributed by atoms with Crippen molar-refractivity contribution < 1.29 is 14.3 Å². The molecule has 3 rings (SSSR count). The minimum Gasteiger partial charge on any atom is -0.444 e. The van der Waals surface area contributed by atoms with Gasteiger partial charge in [-0.05, 0) is 82.9 Å². The van der Waals surface area contributed by atoms with Crippen molar-refractivity contribution in [2.45, 2.75) is 53.1 Å². The number of carbonyl (C=O) groups is 2. The molecule has 2 aromatic rings. The SMILES string of the molecule is Cc1c(C#N)cnc(C(=O)Nc2ccc(N)c(C(=N)C=C3CCN(C(=O)OC(C)(C)C)CC3)c2)c1C. The third kappa shape index (κ3) is 6.27. The summed E-state index contributed by atoms with van der Waals surface area (Å²) >= 11 is 0. The summed E-state index contributed by atoms with van der Waals surface area (Å²) in [6, 6.07) is 7.04. The summed E-state index contributed by atoms with van der Waals surface area (Å²) in [6.07, 6.45) is 4.12. The van der Waals surface area contributed by atoms with Gasteiger partial charge in [0.1, 0.15) is 17.4 Å². The highest BCUT2D eigenvalue weighted by Gasteiger charge is 2.25. The first-order valence-electron chi connectivity index (χ1n) is 11.7. The Morgan fingerprint density at radius 1 is 1.22 bits per heavy atom. The number of nitrogen functional groups attached to an aromatic ring is 1. The summed E-state index contributed by atoms with van der Waals surface area (Å²) in [7, 11) is 0. The molecule has 0 saturated carbocycles. The minimum atomic E-state index is -0.541. The topological polar surface area (TPSA) is 145 Å². The molecule has 4 N–H and O–H groups in total. The molecule has 1 aromatic heterocycles. The van der Waals surface area contributed by atoms with Crippen molar-refractivity contribution in [3.05, 3.63) is 64.0 Å². The maximum Gasteiger partial charge on any atom is 0.410 e. The van der Waals surface area contributed by atoms with Crippen molar-refractivity contribution in [2.24, 2.45) is 0 Å². The first kappa shape index (κ1) is 26.4. The number of anilines is 2. The van der Waals surface area contributed by atoms with Crippen LogP contribution in [0.2, 0.25) is 0 Å². The van der Waals surface area contributed by atoms with E-state index in [0.717, 1.165) is 5.57 Å². The average molecular weight is 489 g/mol. The fourth-order valence-corrected chi connectivity index (χ4v) is 3.83. The van der Waals surface area contributed by atoms with Crippen LogP contribution in [0.1, 0.15) is 66.4 Å². The van der Waals surface area contributed by atoms with Gasteiger partial charge in [-0.25, -0.2) is 9.78 Å². The number of nitrogens with two attached hydrogens (primary N) is 1. The predicted octanol–water partition coefficient (Wildman–Crippen LogP) is 4.73. The Morgan fingerprint density at radius 3 is 2.50 bits per heavy atom. The average Bonchev–Trinajstić information content (AvgIpc) is 2.81. The van der Waals surface area contributed by atoms with Gasteiger partial charge in [0.25, 0.3) is 5.91 Å². The molecule has 0 atom stereocenters. The van der Waals surface area contributed by atoms with E-state index in [4.69, 9.17) is 21.1 Å². The fourth-order valence-electron chi connectivity index (χ4n) is 3.83. The molecule has 0 radical (unpaired) electrons. The number of piperidine rings is 1. The van der Waals surface area contributed by atoms with Crippen LogP contribution in [0.4, 0.5) is 16.2 Å². The van der Waals surface area contributed by atoms with Gasteiger partial charge >= 0.3 is 6.09 Å². The maximum absolute atomic E-state index is 12.8. The summed E-state index contributed by atoms with van der Waals surface area (Å²) in [5.41, 5.74) is 10.3. The van der Waals surface area contributed by atoms with Gasteiger partial charge in [0, 0.05) is 36.2 Å². The van der Waals surface area contributed by atoms with E-state index in [1.54, 1.807) is 43.0 Å². The van der Waals surface area contributed by atoms with Crippen molar-refractivity contribution in [1.29, 1.82) is 10.7 Å². The molecule has 1 saturated heterocycles. The molecule has 36 heavy (non-hydrogen) atoms. The normalized spacial score (nSPS) is 13.6. The predicted molar refractivity (Wildman–Crippen MR) is 139 cm³/mol. The number of ether oxygens (including phenoxy) is 1. The van der Waals surface area contributed by atoms with Gasteiger partial charge in [-0.2, -0.15) is 5.26 Å². The van der Waals surface area contributed by atoms with Crippen LogP contribution in [0.25, 0.3) is 0 Å². The van der Waals surface area contributed by atoms with Crippen LogP contribution in [-0.4, -0.2) is 46.3 Å². The Balaban J connectivity index is 1.70. The molecule has 1 fully saturated rings. The molecule has 0 unspecified atom stereocenters. The van der Waals surface area contributed by atoms with Gasteiger partial charge in [0.2, 0.25) is 0 Å². The zero-order valence-electron chi connectivity index (χ0n) is 21.4. The molecule has 9 heteroatoms. The quantitative estimate of drug-likeness (QED) is 0.419. The molecule has 1 aliphatic heterocycles. The highest BCUT2D eigenvalue weighted by Crippen LogP contribution is 2.24. The largest absolute Gasteiger partial charge is 0.444 e. The number of nitriles is 1. The number of hydrogen-bond donors (Lipinski definition) is 3. The zero-order valence-corrected chi connectivity index (χ0v) is 21.4. The molecular formula is C27H32N6O3. The molecule has 2 heterocycles. The molecule has 0 aliphatic carbocycles. The van der Waals surface area contributed by atoms with Crippen molar-refractivity contribution in [2.75, 3.05) is 24.1 Å². The van der Waals surface area contributed by atoms with Crippen LogP contribution in [0.15, 0.2) is 36.0 Å². The lowest BCUT2D eigenvalue weighted by atomic mass is 9.99. The van der Waals surface area contributed by atoms with Crippen LogP contribution in [0, 0.1) is 30.6 Å². The molecule has 1 aromatic carbocycles. The lowest BCUT2D eigenvalue weighted by Gasteiger charge is -2.31. The number of rotatable bonds is 4.